The molecule has 0 saturated carbocycles. The van der Waals surface area contributed by atoms with E-state index < -0.39 is 0 Å². The maximum atomic E-state index is 12.4. The number of amides is 2. The highest BCUT2D eigenvalue weighted by molar-refractivity contribution is 6.35. The van der Waals surface area contributed by atoms with E-state index >= 15 is 0 Å². The standard InChI is InChI=1S/C12H13Cl2N3O2/c1-16-3-2-4-17(7-11(16)18)12(19)8-5-10(14)15-6-9(8)13/h5-6H,2-4,7H2,1H3. The second-order valence-electron chi connectivity index (χ2n) is 4.38. The van der Waals surface area contributed by atoms with E-state index in [4.69, 9.17) is 23.2 Å². The summed E-state index contributed by atoms with van der Waals surface area (Å²) in [5.41, 5.74) is 0.277. The van der Waals surface area contributed by atoms with E-state index in [1.807, 2.05) is 0 Å². The first-order valence-corrected chi connectivity index (χ1v) is 6.59. The Bertz CT molecular complexity index is 522. The third-order valence-electron chi connectivity index (χ3n) is 3.01. The summed E-state index contributed by atoms with van der Waals surface area (Å²) in [4.78, 5) is 31.0. The quantitative estimate of drug-likeness (QED) is 0.742. The molecular weight excluding hydrogens is 289 g/mol. The van der Waals surface area contributed by atoms with Crippen molar-refractivity contribution < 1.29 is 9.59 Å². The van der Waals surface area contributed by atoms with Crippen molar-refractivity contribution in [2.45, 2.75) is 6.42 Å². The van der Waals surface area contributed by atoms with Gasteiger partial charge in [0.15, 0.2) is 0 Å². The summed E-state index contributed by atoms with van der Waals surface area (Å²) in [6, 6.07) is 1.42. The second kappa shape index (κ2) is 5.75. The molecule has 0 aliphatic carbocycles. The van der Waals surface area contributed by atoms with Crippen molar-refractivity contribution in [3.05, 3.63) is 28.0 Å². The number of carbonyl (C=O) groups is 2. The average Bonchev–Trinajstić information content (AvgIpc) is 2.54. The van der Waals surface area contributed by atoms with Gasteiger partial charge in [-0.25, -0.2) is 4.98 Å². The van der Waals surface area contributed by atoms with Crippen LogP contribution in [0, 0.1) is 0 Å². The topological polar surface area (TPSA) is 53.5 Å². The molecule has 1 aliphatic heterocycles. The Kier molecular flexibility index (Phi) is 4.27. The molecule has 1 saturated heterocycles. The molecule has 1 aliphatic rings. The van der Waals surface area contributed by atoms with Crippen LogP contribution in [0.15, 0.2) is 12.3 Å². The number of hydrogen-bond acceptors (Lipinski definition) is 3. The number of hydrogen-bond donors (Lipinski definition) is 0. The van der Waals surface area contributed by atoms with Crippen molar-refractivity contribution >= 4 is 35.0 Å². The third kappa shape index (κ3) is 3.16. The molecule has 0 unspecified atom stereocenters. The van der Waals surface area contributed by atoms with Gasteiger partial charge in [0, 0.05) is 26.3 Å². The monoisotopic (exact) mass is 301 g/mol. The van der Waals surface area contributed by atoms with Crippen LogP contribution in [0.5, 0.6) is 0 Å². The predicted molar refractivity (Wildman–Crippen MR) is 72.4 cm³/mol. The van der Waals surface area contributed by atoms with Gasteiger partial charge in [-0.1, -0.05) is 23.2 Å². The molecule has 0 atom stereocenters. The minimum Gasteiger partial charge on any atom is -0.344 e. The number of likely N-dealkylation sites (N-methyl/N-ethyl adjacent to an activating group) is 1. The zero-order chi connectivity index (χ0) is 14.0. The van der Waals surface area contributed by atoms with Crippen LogP contribution in [-0.2, 0) is 4.79 Å². The Morgan fingerprint density at radius 3 is 2.84 bits per heavy atom. The van der Waals surface area contributed by atoms with Crippen LogP contribution in [0.3, 0.4) is 0 Å². The second-order valence-corrected chi connectivity index (χ2v) is 5.18. The van der Waals surface area contributed by atoms with Crippen molar-refractivity contribution in [2.24, 2.45) is 0 Å². The van der Waals surface area contributed by atoms with Gasteiger partial charge in [0.1, 0.15) is 11.7 Å². The summed E-state index contributed by atoms with van der Waals surface area (Å²) in [5.74, 6) is -0.375. The van der Waals surface area contributed by atoms with Gasteiger partial charge in [-0.05, 0) is 12.5 Å². The molecule has 19 heavy (non-hydrogen) atoms. The fourth-order valence-electron chi connectivity index (χ4n) is 1.91. The first-order valence-electron chi connectivity index (χ1n) is 5.83. The number of pyridine rings is 1. The molecule has 0 spiro atoms. The van der Waals surface area contributed by atoms with Crippen LogP contribution in [0.1, 0.15) is 16.8 Å². The van der Waals surface area contributed by atoms with E-state index in [1.54, 1.807) is 11.9 Å². The molecule has 2 heterocycles. The van der Waals surface area contributed by atoms with Crippen molar-refractivity contribution in [2.75, 3.05) is 26.7 Å². The van der Waals surface area contributed by atoms with Gasteiger partial charge >= 0.3 is 0 Å². The van der Waals surface area contributed by atoms with Crippen LogP contribution in [0.4, 0.5) is 0 Å². The lowest BCUT2D eigenvalue weighted by Gasteiger charge is -2.20. The van der Waals surface area contributed by atoms with Gasteiger partial charge in [0.25, 0.3) is 5.91 Å². The Labute approximate surface area is 121 Å². The van der Waals surface area contributed by atoms with E-state index in [1.165, 1.54) is 17.2 Å². The van der Waals surface area contributed by atoms with Gasteiger partial charge in [-0.2, -0.15) is 0 Å². The van der Waals surface area contributed by atoms with Gasteiger partial charge in [-0.3, -0.25) is 9.59 Å². The number of halogens is 2. The number of carbonyl (C=O) groups excluding carboxylic acids is 2. The zero-order valence-corrected chi connectivity index (χ0v) is 11.9. The summed E-state index contributed by atoms with van der Waals surface area (Å²) in [6.07, 6.45) is 2.08. The van der Waals surface area contributed by atoms with Crippen LogP contribution in [0.25, 0.3) is 0 Å². The molecule has 0 radical (unpaired) electrons. The lowest BCUT2D eigenvalue weighted by atomic mass is 10.2. The molecule has 102 valence electrons. The Balaban J connectivity index is 2.23. The molecular formula is C12H13Cl2N3O2. The molecule has 1 aromatic heterocycles. The van der Waals surface area contributed by atoms with Crippen LogP contribution in [0.2, 0.25) is 10.2 Å². The van der Waals surface area contributed by atoms with Gasteiger partial charge in [-0.15, -0.1) is 0 Å². The molecule has 7 heteroatoms. The van der Waals surface area contributed by atoms with Crippen molar-refractivity contribution in [1.82, 2.24) is 14.8 Å². The summed E-state index contributed by atoms with van der Waals surface area (Å²) in [5, 5.41) is 0.436. The molecule has 2 amide bonds. The lowest BCUT2D eigenvalue weighted by molar-refractivity contribution is -0.129. The van der Waals surface area contributed by atoms with Gasteiger partial charge < -0.3 is 9.80 Å². The van der Waals surface area contributed by atoms with Crippen molar-refractivity contribution in [3.63, 3.8) is 0 Å². The Hall–Kier alpha value is -1.33. The number of rotatable bonds is 1. The van der Waals surface area contributed by atoms with E-state index in [-0.39, 0.29) is 34.1 Å². The highest BCUT2D eigenvalue weighted by Gasteiger charge is 2.25. The summed E-state index contributed by atoms with van der Waals surface area (Å²) < 4.78 is 0. The number of aromatic nitrogens is 1. The fraction of sp³-hybridized carbons (Fsp3) is 0.417. The maximum Gasteiger partial charge on any atom is 0.256 e. The van der Waals surface area contributed by atoms with E-state index in [9.17, 15) is 9.59 Å². The molecule has 0 aromatic carbocycles. The largest absolute Gasteiger partial charge is 0.344 e. The molecule has 0 bridgehead atoms. The van der Waals surface area contributed by atoms with Crippen LogP contribution in [-0.4, -0.2) is 53.3 Å². The first kappa shape index (κ1) is 14.1. The van der Waals surface area contributed by atoms with Gasteiger partial charge in [0.2, 0.25) is 5.91 Å². The highest BCUT2D eigenvalue weighted by atomic mass is 35.5. The lowest BCUT2D eigenvalue weighted by Crippen LogP contribution is -2.38. The normalized spacial score (nSPS) is 16.5. The molecule has 1 aromatic rings. The summed E-state index contributed by atoms with van der Waals surface area (Å²) in [7, 11) is 1.73. The Morgan fingerprint density at radius 2 is 2.11 bits per heavy atom. The van der Waals surface area contributed by atoms with Crippen molar-refractivity contribution in [3.8, 4) is 0 Å². The van der Waals surface area contributed by atoms with E-state index in [0.717, 1.165) is 6.42 Å². The molecule has 2 rings (SSSR count). The molecule has 1 fully saturated rings. The molecule has 0 N–H and O–H groups in total. The Morgan fingerprint density at radius 1 is 1.37 bits per heavy atom. The van der Waals surface area contributed by atoms with Crippen LogP contribution >= 0.6 is 23.2 Å². The average molecular weight is 302 g/mol. The zero-order valence-electron chi connectivity index (χ0n) is 10.4. The van der Waals surface area contributed by atoms with Crippen LogP contribution < -0.4 is 0 Å². The summed E-state index contributed by atoms with van der Waals surface area (Å²) >= 11 is 11.7. The number of nitrogens with zero attached hydrogens (tertiary/aromatic N) is 3. The van der Waals surface area contributed by atoms with E-state index in [0.29, 0.717) is 13.1 Å². The van der Waals surface area contributed by atoms with Gasteiger partial charge in [0.05, 0.1) is 10.6 Å². The van der Waals surface area contributed by atoms with Crippen molar-refractivity contribution in [1.29, 1.82) is 0 Å². The minimum absolute atomic E-state index is 0.0611. The third-order valence-corrected chi connectivity index (χ3v) is 3.52. The minimum atomic E-state index is -0.294. The molecule has 5 nitrogen and oxygen atoms in total. The SMILES string of the molecule is CN1CCCN(C(=O)c2cc(Cl)ncc2Cl)CC1=O. The van der Waals surface area contributed by atoms with E-state index in [2.05, 4.69) is 4.98 Å². The summed E-state index contributed by atoms with van der Waals surface area (Å²) in [6.45, 7) is 1.23. The predicted octanol–water partition coefficient (Wildman–Crippen LogP) is 1.69. The fourth-order valence-corrected chi connectivity index (χ4v) is 2.25. The first-order chi connectivity index (χ1) is 8.99. The highest BCUT2D eigenvalue weighted by Crippen LogP contribution is 2.20. The maximum absolute atomic E-state index is 12.4. The smallest absolute Gasteiger partial charge is 0.256 e.